The van der Waals surface area contributed by atoms with Crippen LogP contribution in [0.25, 0.3) is 0 Å². The molecule has 6 heteroatoms. The van der Waals surface area contributed by atoms with Crippen LogP contribution >= 0.6 is 15.9 Å². The van der Waals surface area contributed by atoms with Crippen molar-refractivity contribution in [3.05, 3.63) is 33.8 Å². The van der Waals surface area contributed by atoms with Crippen molar-refractivity contribution in [1.29, 1.82) is 0 Å². The lowest BCUT2D eigenvalue weighted by Gasteiger charge is -2.21. The van der Waals surface area contributed by atoms with Crippen molar-refractivity contribution in [3.63, 3.8) is 0 Å². The molecular formula is C11H8BrF2NO2. The van der Waals surface area contributed by atoms with Crippen molar-refractivity contribution in [1.82, 2.24) is 5.32 Å². The zero-order valence-corrected chi connectivity index (χ0v) is 10.2. The second kappa shape index (κ2) is 4.52. The second-order valence-electron chi connectivity index (χ2n) is 3.79. The van der Waals surface area contributed by atoms with Gasteiger partial charge in [-0.3, -0.25) is 14.9 Å². The molecule has 1 fully saturated rings. The van der Waals surface area contributed by atoms with Crippen LogP contribution in [0.5, 0.6) is 0 Å². The largest absolute Gasteiger partial charge is 0.296 e. The number of hydrogen-bond acceptors (Lipinski definition) is 2. The Hall–Kier alpha value is -1.30. The van der Waals surface area contributed by atoms with Gasteiger partial charge < -0.3 is 0 Å². The Morgan fingerprint density at radius 1 is 1.24 bits per heavy atom. The molecule has 0 aliphatic carbocycles. The van der Waals surface area contributed by atoms with E-state index in [4.69, 9.17) is 0 Å². The van der Waals surface area contributed by atoms with Gasteiger partial charge in [-0.25, -0.2) is 8.78 Å². The fourth-order valence-corrected chi connectivity index (χ4v) is 2.11. The topological polar surface area (TPSA) is 46.2 Å². The van der Waals surface area contributed by atoms with Crippen LogP contribution in [-0.2, 0) is 9.59 Å². The molecule has 90 valence electrons. The van der Waals surface area contributed by atoms with Gasteiger partial charge in [0.1, 0.15) is 11.6 Å². The summed E-state index contributed by atoms with van der Waals surface area (Å²) in [4.78, 5) is 22.5. The molecule has 1 heterocycles. The predicted molar refractivity (Wildman–Crippen MR) is 59.2 cm³/mol. The molecular weight excluding hydrogens is 296 g/mol. The van der Waals surface area contributed by atoms with Gasteiger partial charge in [-0.1, -0.05) is 0 Å². The van der Waals surface area contributed by atoms with Crippen molar-refractivity contribution >= 4 is 27.7 Å². The molecule has 0 spiro atoms. The van der Waals surface area contributed by atoms with Crippen LogP contribution in [0.2, 0.25) is 0 Å². The number of hydrogen-bond donors (Lipinski definition) is 1. The van der Waals surface area contributed by atoms with E-state index in [9.17, 15) is 18.4 Å². The highest BCUT2D eigenvalue weighted by Crippen LogP contribution is 2.30. The number of carbonyl (C=O) groups is 2. The van der Waals surface area contributed by atoms with Gasteiger partial charge in [-0.05, 0) is 34.5 Å². The van der Waals surface area contributed by atoms with Crippen LogP contribution in [0.1, 0.15) is 24.3 Å². The van der Waals surface area contributed by atoms with Gasteiger partial charge in [0.2, 0.25) is 11.8 Å². The summed E-state index contributed by atoms with van der Waals surface area (Å²) in [5.74, 6) is -3.07. The molecule has 1 unspecified atom stereocenters. The number of piperidine rings is 1. The van der Waals surface area contributed by atoms with Gasteiger partial charge in [0.15, 0.2) is 0 Å². The molecule has 1 aromatic rings. The molecule has 1 atom stereocenters. The highest BCUT2D eigenvalue weighted by atomic mass is 79.9. The molecule has 2 amide bonds. The van der Waals surface area contributed by atoms with Crippen LogP contribution < -0.4 is 5.32 Å². The molecule has 1 aromatic carbocycles. The molecule has 0 bridgehead atoms. The Bertz CT molecular complexity index is 504. The Morgan fingerprint density at radius 2 is 1.94 bits per heavy atom. The molecule has 17 heavy (non-hydrogen) atoms. The Kier molecular flexibility index (Phi) is 3.24. The quantitative estimate of drug-likeness (QED) is 0.639. The number of nitrogens with one attached hydrogen (secondary N) is 1. The van der Waals surface area contributed by atoms with Gasteiger partial charge >= 0.3 is 0 Å². The first-order valence-corrected chi connectivity index (χ1v) is 5.76. The van der Waals surface area contributed by atoms with Crippen LogP contribution in [0, 0.1) is 11.6 Å². The fraction of sp³-hybridized carbons (Fsp3) is 0.273. The van der Waals surface area contributed by atoms with Gasteiger partial charge in [0.25, 0.3) is 0 Å². The smallest absolute Gasteiger partial charge is 0.234 e. The van der Waals surface area contributed by atoms with Crippen molar-refractivity contribution in [3.8, 4) is 0 Å². The van der Waals surface area contributed by atoms with E-state index in [-0.39, 0.29) is 28.8 Å². The van der Waals surface area contributed by atoms with E-state index >= 15 is 0 Å². The highest BCUT2D eigenvalue weighted by Gasteiger charge is 2.30. The summed E-state index contributed by atoms with van der Waals surface area (Å²) >= 11 is 2.86. The van der Waals surface area contributed by atoms with Crippen molar-refractivity contribution in [2.45, 2.75) is 18.8 Å². The van der Waals surface area contributed by atoms with Crippen molar-refractivity contribution in [2.24, 2.45) is 0 Å². The molecule has 1 saturated heterocycles. The third-order valence-corrected chi connectivity index (χ3v) is 3.26. The highest BCUT2D eigenvalue weighted by molar-refractivity contribution is 9.10. The molecule has 3 nitrogen and oxygen atoms in total. The number of benzene rings is 1. The number of imide groups is 1. The van der Waals surface area contributed by atoms with E-state index in [0.717, 1.165) is 12.1 Å². The lowest BCUT2D eigenvalue weighted by Crippen LogP contribution is -2.39. The lowest BCUT2D eigenvalue weighted by atomic mass is 9.90. The SMILES string of the molecule is O=C1CCC(c2cc(F)c(Br)cc2F)C(=O)N1. The third-order valence-electron chi connectivity index (χ3n) is 2.65. The van der Waals surface area contributed by atoms with Crippen LogP contribution in [0.3, 0.4) is 0 Å². The normalized spacial score (nSPS) is 20.3. The standard InChI is InChI=1S/C11H8BrF2NO2/c12-7-4-8(13)6(3-9(7)14)5-1-2-10(16)15-11(5)17/h3-5H,1-2H2,(H,15,16,17). The molecule has 1 aliphatic rings. The van der Waals surface area contributed by atoms with Gasteiger partial charge in [-0.2, -0.15) is 0 Å². The Balaban J connectivity index is 2.37. The van der Waals surface area contributed by atoms with Gasteiger partial charge in [-0.15, -0.1) is 0 Å². The number of rotatable bonds is 1. The first-order valence-electron chi connectivity index (χ1n) is 4.97. The molecule has 0 radical (unpaired) electrons. The lowest BCUT2D eigenvalue weighted by molar-refractivity contribution is -0.134. The summed E-state index contributed by atoms with van der Waals surface area (Å²) in [7, 11) is 0. The number of carbonyl (C=O) groups excluding carboxylic acids is 2. The molecule has 1 aliphatic heterocycles. The maximum absolute atomic E-state index is 13.6. The summed E-state index contributed by atoms with van der Waals surface area (Å²) < 4.78 is 26.9. The molecule has 0 aromatic heterocycles. The first-order chi connectivity index (χ1) is 7.99. The maximum Gasteiger partial charge on any atom is 0.234 e. The van der Waals surface area contributed by atoms with E-state index in [0.29, 0.717) is 0 Å². The summed E-state index contributed by atoms with van der Waals surface area (Å²) in [5.41, 5.74) is -0.0179. The summed E-state index contributed by atoms with van der Waals surface area (Å²) in [6.45, 7) is 0. The fourth-order valence-electron chi connectivity index (χ4n) is 1.80. The molecule has 1 N–H and O–H groups in total. The third kappa shape index (κ3) is 2.36. The monoisotopic (exact) mass is 303 g/mol. The minimum absolute atomic E-state index is 0.00560. The van der Waals surface area contributed by atoms with E-state index < -0.39 is 23.5 Å². The van der Waals surface area contributed by atoms with Crippen LogP contribution in [-0.4, -0.2) is 11.8 Å². The average Bonchev–Trinajstić information content (AvgIpc) is 2.24. The minimum atomic E-state index is -0.810. The summed E-state index contributed by atoms with van der Waals surface area (Å²) in [6.07, 6.45) is 0.330. The molecule has 2 rings (SSSR count). The number of halogens is 3. The van der Waals surface area contributed by atoms with Crippen LogP contribution in [0.4, 0.5) is 8.78 Å². The van der Waals surface area contributed by atoms with Crippen LogP contribution in [0.15, 0.2) is 16.6 Å². The number of amides is 2. The minimum Gasteiger partial charge on any atom is -0.296 e. The second-order valence-corrected chi connectivity index (χ2v) is 4.65. The zero-order valence-electron chi connectivity index (χ0n) is 8.60. The van der Waals surface area contributed by atoms with Crippen molar-refractivity contribution < 1.29 is 18.4 Å². The van der Waals surface area contributed by atoms with Gasteiger partial charge in [0.05, 0.1) is 10.4 Å². The van der Waals surface area contributed by atoms with Gasteiger partial charge in [0, 0.05) is 12.0 Å². The predicted octanol–water partition coefficient (Wildman–Crippen LogP) is 2.25. The average molecular weight is 304 g/mol. The van der Waals surface area contributed by atoms with E-state index in [1.807, 2.05) is 0 Å². The van der Waals surface area contributed by atoms with E-state index in [2.05, 4.69) is 21.2 Å². The van der Waals surface area contributed by atoms with E-state index in [1.165, 1.54) is 0 Å². The molecule has 0 saturated carbocycles. The maximum atomic E-state index is 13.6. The first kappa shape index (κ1) is 12.2. The van der Waals surface area contributed by atoms with E-state index in [1.54, 1.807) is 0 Å². The van der Waals surface area contributed by atoms with Crippen molar-refractivity contribution in [2.75, 3.05) is 0 Å². The summed E-state index contributed by atoms with van der Waals surface area (Å²) in [6, 6.07) is 1.97. The Labute approximate surface area is 104 Å². The summed E-state index contributed by atoms with van der Waals surface area (Å²) in [5, 5.41) is 2.11. The Morgan fingerprint density at radius 3 is 2.59 bits per heavy atom. The zero-order chi connectivity index (χ0) is 12.6.